The first-order valence-corrected chi connectivity index (χ1v) is 8.56. The van der Waals surface area contributed by atoms with Gasteiger partial charge in [-0.1, -0.05) is 25.0 Å². The highest BCUT2D eigenvalue weighted by atomic mass is 32.2. The summed E-state index contributed by atoms with van der Waals surface area (Å²) >= 11 is 1.82. The molecule has 1 fully saturated rings. The summed E-state index contributed by atoms with van der Waals surface area (Å²) < 4.78 is 31.7. The zero-order valence-electron chi connectivity index (χ0n) is 13.3. The van der Waals surface area contributed by atoms with Gasteiger partial charge in [0.05, 0.1) is 0 Å². The Kier molecular flexibility index (Phi) is 7.91. The van der Waals surface area contributed by atoms with Crippen molar-refractivity contribution in [2.24, 2.45) is 5.92 Å². The number of halogens is 3. The summed E-state index contributed by atoms with van der Waals surface area (Å²) in [6.07, 6.45) is 1.38. The van der Waals surface area contributed by atoms with Gasteiger partial charge in [-0.25, -0.2) is 4.79 Å². The fourth-order valence-electron chi connectivity index (χ4n) is 1.97. The summed E-state index contributed by atoms with van der Waals surface area (Å²) in [5, 5.41) is 7.12. The third-order valence-corrected chi connectivity index (χ3v) is 4.17. The number of alkyl halides is 3. The molecule has 0 bridgehead atoms. The summed E-state index contributed by atoms with van der Waals surface area (Å²) in [6, 6.07) is 8.87. The van der Waals surface area contributed by atoms with E-state index in [2.05, 4.69) is 42.5 Å². The Morgan fingerprint density at radius 1 is 1.39 bits per heavy atom. The number of carbonyl (C=O) groups is 1. The van der Waals surface area contributed by atoms with E-state index in [0.29, 0.717) is 0 Å². The maximum atomic E-state index is 10.6. The minimum absolute atomic E-state index is 1.04. The van der Waals surface area contributed by atoms with Gasteiger partial charge in [0.1, 0.15) is 0 Å². The number of rotatable bonds is 6. The molecule has 0 unspecified atom stereocenters. The molecule has 0 heterocycles. The lowest BCUT2D eigenvalue weighted by Gasteiger charge is -2.16. The zero-order valence-corrected chi connectivity index (χ0v) is 14.1. The molecule has 0 aliphatic heterocycles. The molecule has 0 spiro atoms. The molecule has 0 atom stereocenters. The molecule has 1 aromatic rings. The molecule has 1 aliphatic carbocycles. The standard InChI is InChI=1S/C14H21NS.C2HF3O2/c1-15(9-8-12-6-7-12)11-13-4-3-5-14(10-13)16-2;3-2(4,5)1(6)7/h3-5,10,12H,6-9,11H2,1-2H3;(H,6,7). The van der Waals surface area contributed by atoms with Crippen molar-refractivity contribution in [3.8, 4) is 0 Å². The predicted molar refractivity (Wildman–Crippen MR) is 85.6 cm³/mol. The first-order valence-electron chi connectivity index (χ1n) is 7.34. The van der Waals surface area contributed by atoms with E-state index in [9.17, 15) is 13.2 Å². The Hall–Kier alpha value is -1.21. The molecular weight excluding hydrogens is 327 g/mol. The van der Waals surface area contributed by atoms with Crippen LogP contribution in [0.3, 0.4) is 0 Å². The number of carboxylic acids is 1. The van der Waals surface area contributed by atoms with Crippen molar-refractivity contribution in [2.75, 3.05) is 19.8 Å². The van der Waals surface area contributed by atoms with Crippen molar-refractivity contribution in [1.82, 2.24) is 4.90 Å². The van der Waals surface area contributed by atoms with Gasteiger partial charge < -0.3 is 10.0 Å². The highest BCUT2D eigenvalue weighted by molar-refractivity contribution is 7.98. The minimum atomic E-state index is -5.08. The lowest BCUT2D eigenvalue weighted by Crippen LogP contribution is -2.21. The first kappa shape index (κ1) is 19.8. The fraction of sp³-hybridized carbons (Fsp3) is 0.562. The molecule has 130 valence electrons. The molecule has 1 saturated carbocycles. The second kappa shape index (κ2) is 9.17. The Morgan fingerprint density at radius 3 is 2.48 bits per heavy atom. The van der Waals surface area contributed by atoms with Gasteiger partial charge in [-0.3, -0.25) is 0 Å². The lowest BCUT2D eigenvalue weighted by atomic mass is 10.2. The average molecular weight is 349 g/mol. The van der Waals surface area contributed by atoms with Crippen molar-refractivity contribution < 1.29 is 23.1 Å². The van der Waals surface area contributed by atoms with Crippen molar-refractivity contribution in [1.29, 1.82) is 0 Å². The number of nitrogens with zero attached hydrogens (tertiary/aromatic N) is 1. The SMILES string of the molecule is CSc1cccc(CN(C)CCC2CC2)c1.O=C(O)C(F)(F)F. The van der Waals surface area contributed by atoms with Crippen molar-refractivity contribution in [3.63, 3.8) is 0 Å². The number of aliphatic carboxylic acids is 1. The summed E-state index contributed by atoms with van der Waals surface area (Å²) in [7, 11) is 2.23. The monoisotopic (exact) mass is 349 g/mol. The van der Waals surface area contributed by atoms with Crippen LogP contribution in [0.2, 0.25) is 0 Å². The lowest BCUT2D eigenvalue weighted by molar-refractivity contribution is -0.192. The molecule has 0 aromatic heterocycles. The van der Waals surface area contributed by atoms with Gasteiger partial charge in [0, 0.05) is 11.4 Å². The highest BCUT2D eigenvalue weighted by Gasteiger charge is 2.38. The first-order chi connectivity index (χ1) is 10.7. The van der Waals surface area contributed by atoms with Crippen molar-refractivity contribution >= 4 is 17.7 Å². The van der Waals surface area contributed by atoms with Crippen LogP contribution in [0.5, 0.6) is 0 Å². The third kappa shape index (κ3) is 8.86. The summed E-state index contributed by atoms with van der Waals surface area (Å²) in [5.41, 5.74) is 1.44. The smallest absolute Gasteiger partial charge is 0.475 e. The van der Waals surface area contributed by atoms with E-state index in [1.807, 2.05) is 11.8 Å². The Bertz CT molecular complexity index is 504. The Labute approximate surface area is 138 Å². The van der Waals surface area contributed by atoms with E-state index >= 15 is 0 Å². The van der Waals surface area contributed by atoms with Gasteiger partial charge in [0.2, 0.25) is 0 Å². The van der Waals surface area contributed by atoms with Crippen LogP contribution in [0, 0.1) is 5.92 Å². The maximum absolute atomic E-state index is 10.6. The molecule has 2 rings (SSSR count). The van der Waals surface area contributed by atoms with E-state index in [0.717, 1.165) is 12.5 Å². The number of thioether (sulfide) groups is 1. The van der Waals surface area contributed by atoms with Gasteiger partial charge in [-0.05, 0) is 49.9 Å². The third-order valence-electron chi connectivity index (χ3n) is 3.45. The zero-order chi connectivity index (χ0) is 17.5. The summed E-state index contributed by atoms with van der Waals surface area (Å²) in [6.45, 7) is 2.33. The molecule has 0 radical (unpaired) electrons. The largest absolute Gasteiger partial charge is 0.490 e. The van der Waals surface area contributed by atoms with Gasteiger partial charge in [-0.15, -0.1) is 11.8 Å². The van der Waals surface area contributed by atoms with Gasteiger partial charge in [-0.2, -0.15) is 13.2 Å². The number of benzene rings is 1. The number of hydrogen-bond donors (Lipinski definition) is 1. The van der Waals surface area contributed by atoms with E-state index in [-0.39, 0.29) is 0 Å². The minimum Gasteiger partial charge on any atom is -0.475 e. The molecule has 23 heavy (non-hydrogen) atoms. The molecule has 0 saturated heterocycles. The van der Waals surface area contributed by atoms with Crippen LogP contribution in [0.4, 0.5) is 13.2 Å². The second-order valence-electron chi connectivity index (χ2n) is 5.62. The molecule has 1 N–H and O–H groups in total. The topological polar surface area (TPSA) is 40.5 Å². The van der Waals surface area contributed by atoms with Crippen LogP contribution in [-0.2, 0) is 11.3 Å². The summed E-state index contributed by atoms with van der Waals surface area (Å²) in [5.74, 6) is -1.72. The van der Waals surface area contributed by atoms with Crippen LogP contribution in [0.15, 0.2) is 29.2 Å². The molecule has 1 aliphatic rings. The second-order valence-corrected chi connectivity index (χ2v) is 6.50. The number of hydrogen-bond acceptors (Lipinski definition) is 3. The normalized spacial score (nSPS) is 14.3. The van der Waals surface area contributed by atoms with Gasteiger partial charge >= 0.3 is 12.1 Å². The fourth-order valence-corrected chi connectivity index (χ4v) is 2.45. The average Bonchev–Trinajstić information content (AvgIpc) is 3.29. The van der Waals surface area contributed by atoms with Crippen molar-refractivity contribution in [3.05, 3.63) is 29.8 Å². The molecule has 1 aromatic carbocycles. The molecule has 3 nitrogen and oxygen atoms in total. The summed E-state index contributed by atoms with van der Waals surface area (Å²) in [4.78, 5) is 12.7. The van der Waals surface area contributed by atoms with Crippen LogP contribution < -0.4 is 0 Å². The van der Waals surface area contributed by atoms with Crippen LogP contribution in [-0.4, -0.2) is 42.0 Å². The van der Waals surface area contributed by atoms with E-state index in [1.54, 1.807) is 0 Å². The highest BCUT2D eigenvalue weighted by Crippen LogP contribution is 2.32. The van der Waals surface area contributed by atoms with Crippen LogP contribution >= 0.6 is 11.8 Å². The van der Waals surface area contributed by atoms with E-state index in [4.69, 9.17) is 9.90 Å². The number of carboxylic acid groups (broad SMARTS) is 1. The van der Waals surface area contributed by atoms with Crippen LogP contribution in [0.1, 0.15) is 24.8 Å². The van der Waals surface area contributed by atoms with Gasteiger partial charge in [0.25, 0.3) is 0 Å². The van der Waals surface area contributed by atoms with Crippen molar-refractivity contribution in [2.45, 2.75) is 36.9 Å². The Morgan fingerprint density at radius 2 is 2.00 bits per heavy atom. The molecule has 7 heteroatoms. The van der Waals surface area contributed by atoms with Crippen LogP contribution in [0.25, 0.3) is 0 Å². The maximum Gasteiger partial charge on any atom is 0.490 e. The molecular formula is C16H22F3NO2S. The van der Waals surface area contributed by atoms with E-state index < -0.39 is 12.1 Å². The quantitative estimate of drug-likeness (QED) is 0.779. The van der Waals surface area contributed by atoms with E-state index in [1.165, 1.54) is 36.3 Å². The predicted octanol–water partition coefficient (Wildman–Crippen LogP) is 4.27. The Balaban J connectivity index is 0.000000322. The molecule has 0 amide bonds. The van der Waals surface area contributed by atoms with Gasteiger partial charge in [0.15, 0.2) is 0 Å².